The number of nitrogens with one attached hydrogen (secondary N) is 1. The molecule has 1 aliphatic rings. The van der Waals surface area contributed by atoms with E-state index in [0.29, 0.717) is 18.7 Å². The number of nitrogens with zero attached hydrogens (tertiary/aromatic N) is 1. The van der Waals surface area contributed by atoms with Gasteiger partial charge >= 0.3 is 0 Å². The van der Waals surface area contributed by atoms with Gasteiger partial charge in [-0.2, -0.15) is 0 Å². The molecule has 1 N–H and O–H groups in total. The summed E-state index contributed by atoms with van der Waals surface area (Å²) in [5.41, 5.74) is 2.29. The second-order valence-corrected chi connectivity index (χ2v) is 5.05. The van der Waals surface area contributed by atoms with Crippen molar-refractivity contribution in [1.29, 1.82) is 0 Å². The van der Waals surface area contributed by atoms with E-state index in [0.717, 1.165) is 24.1 Å². The Bertz CT molecular complexity index is 537. The SMILES string of the molecule is C=C(CNCCC)CN1C(=O)Cc2ccccc2C1=O. The third kappa shape index (κ3) is 3.14. The van der Waals surface area contributed by atoms with Crippen LogP contribution in [-0.2, 0) is 11.2 Å². The molecule has 20 heavy (non-hydrogen) atoms. The number of hydrogen-bond acceptors (Lipinski definition) is 3. The van der Waals surface area contributed by atoms with Crippen molar-refractivity contribution >= 4 is 11.8 Å². The van der Waals surface area contributed by atoms with E-state index in [-0.39, 0.29) is 18.2 Å². The molecule has 1 heterocycles. The average Bonchev–Trinajstić information content (AvgIpc) is 2.44. The van der Waals surface area contributed by atoms with Gasteiger partial charge in [-0.25, -0.2) is 0 Å². The lowest BCUT2D eigenvalue weighted by Gasteiger charge is -2.27. The zero-order valence-corrected chi connectivity index (χ0v) is 11.8. The van der Waals surface area contributed by atoms with Crippen molar-refractivity contribution in [2.75, 3.05) is 19.6 Å². The van der Waals surface area contributed by atoms with E-state index >= 15 is 0 Å². The highest BCUT2D eigenvalue weighted by Crippen LogP contribution is 2.20. The monoisotopic (exact) mass is 272 g/mol. The van der Waals surface area contributed by atoms with Crippen LogP contribution in [-0.4, -0.2) is 36.3 Å². The number of benzene rings is 1. The van der Waals surface area contributed by atoms with Crippen molar-refractivity contribution in [2.24, 2.45) is 0 Å². The van der Waals surface area contributed by atoms with Gasteiger partial charge in [0, 0.05) is 12.1 Å². The van der Waals surface area contributed by atoms with Gasteiger partial charge in [-0.3, -0.25) is 14.5 Å². The minimum atomic E-state index is -0.214. The maximum absolute atomic E-state index is 12.3. The lowest BCUT2D eigenvalue weighted by molar-refractivity contribution is -0.128. The number of carbonyl (C=O) groups is 2. The quantitative estimate of drug-likeness (QED) is 0.488. The van der Waals surface area contributed by atoms with E-state index in [4.69, 9.17) is 0 Å². The Morgan fingerprint density at radius 1 is 1.35 bits per heavy atom. The molecule has 2 amide bonds. The predicted molar refractivity (Wildman–Crippen MR) is 78.5 cm³/mol. The molecule has 0 aliphatic carbocycles. The molecule has 1 aromatic carbocycles. The lowest BCUT2D eigenvalue weighted by Crippen LogP contribution is -2.44. The van der Waals surface area contributed by atoms with Gasteiger partial charge in [0.2, 0.25) is 5.91 Å². The summed E-state index contributed by atoms with van der Waals surface area (Å²) in [6, 6.07) is 7.28. The first-order valence-electron chi connectivity index (χ1n) is 6.93. The summed E-state index contributed by atoms with van der Waals surface area (Å²) in [6.07, 6.45) is 1.33. The molecule has 4 heteroatoms. The van der Waals surface area contributed by atoms with E-state index in [1.807, 2.05) is 18.2 Å². The molecular formula is C16H20N2O2. The Morgan fingerprint density at radius 3 is 2.85 bits per heavy atom. The zero-order chi connectivity index (χ0) is 14.5. The third-order valence-corrected chi connectivity index (χ3v) is 3.32. The van der Waals surface area contributed by atoms with Gasteiger partial charge in [-0.15, -0.1) is 0 Å². The molecule has 0 fully saturated rings. The van der Waals surface area contributed by atoms with Crippen LogP contribution in [0.3, 0.4) is 0 Å². The number of imide groups is 1. The molecule has 2 rings (SSSR count). The van der Waals surface area contributed by atoms with Crippen LogP contribution in [0.5, 0.6) is 0 Å². The molecule has 106 valence electrons. The van der Waals surface area contributed by atoms with Crippen LogP contribution >= 0.6 is 0 Å². The molecule has 0 bridgehead atoms. The van der Waals surface area contributed by atoms with E-state index < -0.39 is 0 Å². The number of amides is 2. The van der Waals surface area contributed by atoms with Crippen molar-refractivity contribution in [3.05, 3.63) is 47.5 Å². The highest BCUT2D eigenvalue weighted by molar-refractivity contribution is 6.09. The molecule has 4 nitrogen and oxygen atoms in total. The Labute approximate surface area is 119 Å². The normalized spacial score (nSPS) is 14.3. The van der Waals surface area contributed by atoms with Gasteiger partial charge in [0.15, 0.2) is 0 Å². The smallest absolute Gasteiger partial charge is 0.261 e. The van der Waals surface area contributed by atoms with Gasteiger partial charge in [-0.1, -0.05) is 31.7 Å². The molecule has 0 unspecified atom stereocenters. The van der Waals surface area contributed by atoms with Gasteiger partial charge in [0.25, 0.3) is 5.91 Å². The Hall–Kier alpha value is -1.94. The van der Waals surface area contributed by atoms with E-state index in [2.05, 4.69) is 18.8 Å². The summed E-state index contributed by atoms with van der Waals surface area (Å²) >= 11 is 0. The number of hydrogen-bond donors (Lipinski definition) is 1. The lowest BCUT2D eigenvalue weighted by atomic mass is 9.98. The largest absolute Gasteiger partial charge is 0.313 e. The van der Waals surface area contributed by atoms with Crippen LogP contribution in [0.1, 0.15) is 29.3 Å². The maximum atomic E-state index is 12.3. The molecule has 0 aromatic heterocycles. The van der Waals surface area contributed by atoms with Crippen molar-refractivity contribution in [1.82, 2.24) is 10.2 Å². The predicted octanol–water partition coefficient (Wildman–Crippen LogP) is 1.77. The summed E-state index contributed by atoms with van der Waals surface area (Å²) in [5.74, 6) is -0.362. The fourth-order valence-corrected chi connectivity index (χ4v) is 2.28. The van der Waals surface area contributed by atoms with Crippen LogP contribution in [0, 0.1) is 0 Å². The fraction of sp³-hybridized carbons (Fsp3) is 0.375. The van der Waals surface area contributed by atoms with Crippen LogP contribution in [0.25, 0.3) is 0 Å². The van der Waals surface area contributed by atoms with Gasteiger partial charge in [0.05, 0.1) is 13.0 Å². The molecule has 1 aliphatic heterocycles. The first-order chi connectivity index (χ1) is 9.63. The van der Waals surface area contributed by atoms with Crippen molar-refractivity contribution < 1.29 is 9.59 Å². The Kier molecular flexibility index (Phi) is 4.69. The highest BCUT2D eigenvalue weighted by atomic mass is 16.2. The first-order valence-corrected chi connectivity index (χ1v) is 6.93. The summed E-state index contributed by atoms with van der Waals surface area (Å²) < 4.78 is 0. The fourth-order valence-electron chi connectivity index (χ4n) is 2.28. The molecule has 1 aromatic rings. The van der Waals surface area contributed by atoms with Crippen LogP contribution in [0.15, 0.2) is 36.4 Å². The minimum Gasteiger partial charge on any atom is -0.313 e. The molecule has 0 saturated carbocycles. The second-order valence-electron chi connectivity index (χ2n) is 5.05. The van der Waals surface area contributed by atoms with Crippen molar-refractivity contribution in [3.8, 4) is 0 Å². The molecule has 0 radical (unpaired) electrons. The van der Waals surface area contributed by atoms with Gasteiger partial charge in [-0.05, 0) is 30.2 Å². The van der Waals surface area contributed by atoms with Crippen LogP contribution < -0.4 is 5.32 Å². The maximum Gasteiger partial charge on any atom is 0.261 e. The summed E-state index contributed by atoms with van der Waals surface area (Å²) in [5, 5.41) is 3.22. The molecular weight excluding hydrogens is 252 g/mol. The van der Waals surface area contributed by atoms with Crippen molar-refractivity contribution in [2.45, 2.75) is 19.8 Å². The standard InChI is InChI=1S/C16H20N2O2/c1-3-8-17-10-12(2)11-18-15(19)9-13-6-4-5-7-14(13)16(18)20/h4-7,17H,2-3,8-11H2,1H3. The topological polar surface area (TPSA) is 49.4 Å². The number of fused-ring (bicyclic) bond motifs is 1. The van der Waals surface area contributed by atoms with E-state index in [9.17, 15) is 9.59 Å². The summed E-state index contributed by atoms with van der Waals surface area (Å²) in [6.45, 7) is 7.86. The molecule has 0 atom stereocenters. The Balaban J connectivity index is 2.04. The molecule has 0 saturated heterocycles. The van der Waals surface area contributed by atoms with Crippen LogP contribution in [0.2, 0.25) is 0 Å². The van der Waals surface area contributed by atoms with Gasteiger partial charge in [0.1, 0.15) is 0 Å². The number of carbonyl (C=O) groups excluding carboxylic acids is 2. The minimum absolute atomic E-state index is 0.148. The average molecular weight is 272 g/mol. The number of rotatable bonds is 6. The summed E-state index contributed by atoms with van der Waals surface area (Å²) in [4.78, 5) is 25.7. The van der Waals surface area contributed by atoms with E-state index in [1.54, 1.807) is 6.07 Å². The highest BCUT2D eigenvalue weighted by Gasteiger charge is 2.30. The first kappa shape index (κ1) is 14.5. The van der Waals surface area contributed by atoms with Gasteiger partial charge < -0.3 is 5.32 Å². The van der Waals surface area contributed by atoms with Crippen molar-refractivity contribution in [3.63, 3.8) is 0 Å². The third-order valence-electron chi connectivity index (χ3n) is 3.32. The summed E-state index contributed by atoms with van der Waals surface area (Å²) in [7, 11) is 0. The Morgan fingerprint density at radius 2 is 2.10 bits per heavy atom. The van der Waals surface area contributed by atoms with E-state index in [1.165, 1.54) is 4.90 Å². The van der Waals surface area contributed by atoms with Crippen LogP contribution in [0.4, 0.5) is 0 Å². The zero-order valence-electron chi connectivity index (χ0n) is 11.8. The molecule has 0 spiro atoms. The second kappa shape index (κ2) is 6.48.